The number of benzene rings is 2. The molecule has 0 bridgehead atoms. The zero-order valence-corrected chi connectivity index (χ0v) is 18.2. The minimum Gasteiger partial charge on any atom is -0.386 e. The third-order valence-electron chi connectivity index (χ3n) is 5.86. The Hall–Kier alpha value is -3.51. The van der Waals surface area contributed by atoms with E-state index in [-0.39, 0.29) is 0 Å². The van der Waals surface area contributed by atoms with Gasteiger partial charge in [0.25, 0.3) is 0 Å². The molecule has 0 unspecified atom stereocenters. The quantitative estimate of drug-likeness (QED) is 0.470. The van der Waals surface area contributed by atoms with Crippen LogP contribution in [0.25, 0.3) is 33.2 Å². The first-order chi connectivity index (χ1) is 14.8. The first kappa shape index (κ1) is 19.5. The van der Waals surface area contributed by atoms with Crippen LogP contribution < -0.4 is 0 Å². The summed E-state index contributed by atoms with van der Waals surface area (Å²) in [6, 6.07) is 18.7. The molecule has 0 fully saturated rings. The van der Waals surface area contributed by atoms with Gasteiger partial charge in [-0.25, -0.2) is 4.68 Å². The van der Waals surface area contributed by atoms with E-state index in [1.807, 2.05) is 46.1 Å². The van der Waals surface area contributed by atoms with Gasteiger partial charge in [-0.1, -0.05) is 47.7 Å². The zero-order valence-electron chi connectivity index (χ0n) is 18.2. The molecule has 3 heterocycles. The third kappa shape index (κ3) is 3.29. The second-order valence-electron chi connectivity index (χ2n) is 8.60. The van der Waals surface area contributed by atoms with Crippen LogP contribution in [0.15, 0.2) is 60.8 Å². The molecule has 0 radical (unpaired) electrons. The maximum absolute atomic E-state index is 10.6. The molecule has 0 spiro atoms. The fraction of sp³-hybridized carbons (Fsp3) is 0.240. The molecule has 2 aromatic carbocycles. The lowest BCUT2D eigenvalue weighted by molar-refractivity contribution is 0.0787. The number of fused-ring (bicyclic) bond motifs is 3. The average molecular weight is 412 g/mol. The van der Waals surface area contributed by atoms with Crippen molar-refractivity contribution in [1.29, 1.82) is 0 Å². The molecule has 0 aliphatic carbocycles. The Morgan fingerprint density at radius 2 is 1.77 bits per heavy atom. The van der Waals surface area contributed by atoms with E-state index in [4.69, 9.17) is 4.98 Å². The van der Waals surface area contributed by atoms with Crippen LogP contribution >= 0.6 is 0 Å². The monoisotopic (exact) mass is 411 g/mol. The molecule has 0 aliphatic heterocycles. The fourth-order valence-corrected chi connectivity index (χ4v) is 4.25. The van der Waals surface area contributed by atoms with Gasteiger partial charge in [-0.15, -0.1) is 5.10 Å². The Kier molecular flexibility index (Phi) is 4.41. The molecule has 156 valence electrons. The van der Waals surface area contributed by atoms with Gasteiger partial charge in [0.2, 0.25) is 0 Å². The van der Waals surface area contributed by atoms with Crippen LogP contribution in [-0.2, 0) is 19.2 Å². The second-order valence-corrected chi connectivity index (χ2v) is 8.60. The molecule has 0 amide bonds. The number of aryl methyl sites for hydroxylation is 2. The van der Waals surface area contributed by atoms with Crippen molar-refractivity contribution in [2.45, 2.75) is 32.9 Å². The van der Waals surface area contributed by atoms with Crippen molar-refractivity contribution < 1.29 is 5.11 Å². The van der Waals surface area contributed by atoms with Crippen molar-refractivity contribution in [2.24, 2.45) is 7.05 Å². The van der Waals surface area contributed by atoms with E-state index in [0.717, 1.165) is 44.5 Å². The van der Waals surface area contributed by atoms with Gasteiger partial charge in [0.05, 0.1) is 33.5 Å². The van der Waals surface area contributed by atoms with Crippen LogP contribution in [0, 0.1) is 6.92 Å². The lowest BCUT2D eigenvalue weighted by atomic mass is 9.97. The zero-order chi connectivity index (χ0) is 21.8. The average Bonchev–Trinajstić information content (AvgIpc) is 3.24. The molecule has 6 nitrogen and oxygen atoms in total. The summed E-state index contributed by atoms with van der Waals surface area (Å²) in [6.45, 7) is 6.30. The summed E-state index contributed by atoms with van der Waals surface area (Å²) in [4.78, 5) is 4.85. The smallest absolute Gasteiger partial charge is 0.0960 e. The molecule has 0 aliphatic rings. The number of aromatic nitrogens is 5. The Morgan fingerprint density at radius 1 is 1.00 bits per heavy atom. The van der Waals surface area contributed by atoms with Gasteiger partial charge >= 0.3 is 0 Å². The third-order valence-corrected chi connectivity index (χ3v) is 5.86. The standard InChI is InChI=1S/C25H25N5O/c1-16-24(29(4)28-27-16)18-12-22-23(26-14-18)20-11-10-19(25(2,3)31)13-21(20)30(22)15-17-8-6-5-7-9-17/h5-14,31H,15H2,1-4H3. The highest BCUT2D eigenvalue weighted by molar-refractivity contribution is 6.06. The Bertz CT molecular complexity index is 1390. The summed E-state index contributed by atoms with van der Waals surface area (Å²) in [5.41, 5.74) is 7.04. The van der Waals surface area contributed by atoms with Gasteiger partial charge in [0, 0.05) is 30.7 Å². The van der Waals surface area contributed by atoms with E-state index in [1.165, 1.54) is 5.56 Å². The molecule has 0 atom stereocenters. The van der Waals surface area contributed by atoms with Gasteiger partial charge in [0.15, 0.2) is 0 Å². The summed E-state index contributed by atoms with van der Waals surface area (Å²) >= 11 is 0. The topological polar surface area (TPSA) is 68.8 Å². The summed E-state index contributed by atoms with van der Waals surface area (Å²) < 4.78 is 4.07. The number of hydrogen-bond acceptors (Lipinski definition) is 4. The summed E-state index contributed by atoms with van der Waals surface area (Å²) in [5, 5.41) is 20.0. The molecule has 5 rings (SSSR count). The Balaban J connectivity index is 1.80. The number of rotatable bonds is 4. The Labute approximate surface area is 180 Å². The van der Waals surface area contributed by atoms with E-state index >= 15 is 0 Å². The van der Waals surface area contributed by atoms with Crippen LogP contribution in [0.4, 0.5) is 0 Å². The van der Waals surface area contributed by atoms with Crippen molar-refractivity contribution in [3.05, 3.63) is 77.6 Å². The van der Waals surface area contributed by atoms with Gasteiger partial charge in [0.1, 0.15) is 0 Å². The largest absolute Gasteiger partial charge is 0.386 e. The highest BCUT2D eigenvalue weighted by atomic mass is 16.3. The van der Waals surface area contributed by atoms with Gasteiger partial charge in [-0.2, -0.15) is 0 Å². The molecular formula is C25H25N5O. The number of hydrogen-bond donors (Lipinski definition) is 1. The maximum atomic E-state index is 10.6. The molecule has 0 saturated heterocycles. The predicted octanol–water partition coefficient (Wildman–Crippen LogP) is 4.57. The van der Waals surface area contributed by atoms with Gasteiger partial charge in [-0.05, 0) is 44.0 Å². The van der Waals surface area contributed by atoms with E-state index in [1.54, 1.807) is 4.68 Å². The van der Waals surface area contributed by atoms with Crippen molar-refractivity contribution in [3.8, 4) is 11.3 Å². The van der Waals surface area contributed by atoms with Crippen LogP contribution in [0.2, 0.25) is 0 Å². The molecule has 1 N–H and O–H groups in total. The summed E-state index contributed by atoms with van der Waals surface area (Å²) in [7, 11) is 1.90. The van der Waals surface area contributed by atoms with E-state index in [2.05, 4.69) is 57.3 Å². The van der Waals surface area contributed by atoms with Crippen molar-refractivity contribution in [3.63, 3.8) is 0 Å². The molecule has 31 heavy (non-hydrogen) atoms. The lowest BCUT2D eigenvalue weighted by Gasteiger charge is -2.18. The number of nitrogens with zero attached hydrogens (tertiary/aromatic N) is 5. The number of aliphatic hydroxyl groups is 1. The molecular weight excluding hydrogens is 386 g/mol. The minimum atomic E-state index is -0.918. The van der Waals surface area contributed by atoms with Crippen molar-refractivity contribution in [2.75, 3.05) is 0 Å². The SMILES string of the molecule is Cc1nnn(C)c1-c1cnc2c3ccc(C(C)(C)O)cc3n(Cc3ccccc3)c2c1. The van der Waals surface area contributed by atoms with Crippen LogP contribution in [-0.4, -0.2) is 29.7 Å². The summed E-state index contributed by atoms with van der Waals surface area (Å²) in [5.74, 6) is 0. The van der Waals surface area contributed by atoms with Gasteiger partial charge < -0.3 is 9.67 Å². The lowest BCUT2D eigenvalue weighted by Crippen LogP contribution is -2.15. The highest BCUT2D eigenvalue weighted by Crippen LogP contribution is 2.34. The minimum absolute atomic E-state index is 0.712. The van der Waals surface area contributed by atoms with Gasteiger partial charge in [-0.3, -0.25) is 4.98 Å². The molecule has 6 heteroatoms. The van der Waals surface area contributed by atoms with Crippen LogP contribution in [0.3, 0.4) is 0 Å². The van der Waals surface area contributed by atoms with E-state index < -0.39 is 5.60 Å². The summed E-state index contributed by atoms with van der Waals surface area (Å²) in [6.07, 6.45) is 1.89. The normalized spacial score (nSPS) is 12.2. The number of pyridine rings is 1. The molecule has 0 saturated carbocycles. The van der Waals surface area contributed by atoms with Crippen molar-refractivity contribution in [1.82, 2.24) is 24.5 Å². The van der Waals surface area contributed by atoms with Crippen molar-refractivity contribution >= 4 is 21.9 Å². The first-order valence-corrected chi connectivity index (χ1v) is 10.4. The molecule has 5 aromatic rings. The molecule has 3 aromatic heterocycles. The fourth-order valence-electron chi connectivity index (χ4n) is 4.25. The Morgan fingerprint density at radius 3 is 2.45 bits per heavy atom. The first-order valence-electron chi connectivity index (χ1n) is 10.4. The van der Waals surface area contributed by atoms with E-state index in [0.29, 0.717) is 6.54 Å². The second kappa shape index (κ2) is 7.03. The highest BCUT2D eigenvalue weighted by Gasteiger charge is 2.20. The predicted molar refractivity (Wildman–Crippen MR) is 123 cm³/mol. The van der Waals surface area contributed by atoms with Crippen LogP contribution in [0.1, 0.15) is 30.7 Å². The maximum Gasteiger partial charge on any atom is 0.0960 e. The van der Waals surface area contributed by atoms with Crippen LogP contribution in [0.5, 0.6) is 0 Å². The van der Waals surface area contributed by atoms with E-state index in [9.17, 15) is 5.11 Å².